The zero-order valence-electron chi connectivity index (χ0n) is 12.2. The van der Waals surface area contributed by atoms with Gasteiger partial charge >= 0.3 is 0 Å². The Balaban J connectivity index is 2.24. The van der Waals surface area contributed by atoms with Gasteiger partial charge in [0.2, 0.25) is 0 Å². The average molecular weight is 286 g/mol. The van der Waals surface area contributed by atoms with Crippen molar-refractivity contribution in [3.8, 4) is 0 Å². The van der Waals surface area contributed by atoms with Gasteiger partial charge in [-0.1, -0.05) is 25.1 Å². The maximum absolute atomic E-state index is 13.9. The maximum Gasteiger partial charge on any atom is 0.257 e. The van der Waals surface area contributed by atoms with Crippen LogP contribution in [-0.4, -0.2) is 12.5 Å². The number of amides is 1. The Morgan fingerprint density at radius 1 is 1.19 bits per heavy atom. The minimum atomic E-state index is -0.416. The number of hydrogen-bond acceptors (Lipinski definition) is 2. The Bertz CT molecular complexity index is 640. The second-order valence-corrected chi connectivity index (χ2v) is 4.91. The molecule has 1 amide bonds. The minimum absolute atomic E-state index is 0.254. The number of hydrogen-bond donors (Lipinski definition) is 2. The van der Waals surface area contributed by atoms with Crippen LogP contribution in [0.15, 0.2) is 42.5 Å². The van der Waals surface area contributed by atoms with Crippen molar-refractivity contribution in [1.29, 1.82) is 0 Å². The topological polar surface area (TPSA) is 41.1 Å². The molecule has 4 heteroatoms. The average Bonchev–Trinajstić information content (AvgIpc) is 2.45. The first-order chi connectivity index (χ1) is 10.1. The molecule has 110 valence electrons. The van der Waals surface area contributed by atoms with Crippen LogP contribution in [0.4, 0.5) is 15.8 Å². The van der Waals surface area contributed by atoms with E-state index in [-0.39, 0.29) is 11.6 Å². The van der Waals surface area contributed by atoms with Gasteiger partial charge < -0.3 is 10.6 Å². The Morgan fingerprint density at radius 2 is 1.95 bits per heavy atom. The van der Waals surface area contributed by atoms with Gasteiger partial charge in [0.15, 0.2) is 0 Å². The first-order valence-corrected chi connectivity index (χ1v) is 7.02. The molecule has 0 radical (unpaired) electrons. The minimum Gasteiger partial charge on any atom is -0.382 e. The van der Waals surface area contributed by atoms with Crippen LogP contribution in [0.1, 0.15) is 29.3 Å². The molecule has 2 aromatic rings. The van der Waals surface area contributed by atoms with E-state index in [2.05, 4.69) is 10.6 Å². The van der Waals surface area contributed by atoms with Crippen LogP contribution in [0.25, 0.3) is 0 Å². The molecule has 21 heavy (non-hydrogen) atoms. The van der Waals surface area contributed by atoms with Crippen molar-refractivity contribution >= 4 is 17.3 Å². The molecule has 0 saturated heterocycles. The van der Waals surface area contributed by atoms with Crippen molar-refractivity contribution in [2.75, 3.05) is 17.2 Å². The molecule has 0 atom stereocenters. The summed E-state index contributed by atoms with van der Waals surface area (Å²) in [5, 5.41) is 5.77. The van der Waals surface area contributed by atoms with Crippen molar-refractivity contribution in [2.45, 2.75) is 20.3 Å². The monoisotopic (exact) mass is 286 g/mol. The highest BCUT2D eigenvalue weighted by Crippen LogP contribution is 2.21. The highest BCUT2D eigenvalue weighted by atomic mass is 19.1. The van der Waals surface area contributed by atoms with E-state index in [1.54, 1.807) is 6.07 Å². The molecule has 0 unspecified atom stereocenters. The van der Waals surface area contributed by atoms with Gasteiger partial charge in [0.1, 0.15) is 5.82 Å². The largest absolute Gasteiger partial charge is 0.382 e. The van der Waals surface area contributed by atoms with Crippen LogP contribution in [0.3, 0.4) is 0 Å². The zero-order valence-corrected chi connectivity index (χ0v) is 12.2. The lowest BCUT2D eigenvalue weighted by Gasteiger charge is -2.13. The van der Waals surface area contributed by atoms with Crippen LogP contribution in [-0.2, 0) is 0 Å². The van der Waals surface area contributed by atoms with Gasteiger partial charge in [0.05, 0.1) is 11.3 Å². The van der Waals surface area contributed by atoms with Crippen LogP contribution in [0, 0.1) is 12.7 Å². The third kappa shape index (κ3) is 3.81. The van der Waals surface area contributed by atoms with Gasteiger partial charge in [0.25, 0.3) is 5.91 Å². The highest BCUT2D eigenvalue weighted by molar-refractivity contribution is 6.08. The SMILES string of the molecule is CCCNc1c(F)cccc1C(=O)Nc1cccc(C)c1. The number of halogens is 1. The normalized spacial score (nSPS) is 10.2. The number of aryl methyl sites for hydroxylation is 1. The van der Waals surface area contributed by atoms with Crippen molar-refractivity contribution < 1.29 is 9.18 Å². The van der Waals surface area contributed by atoms with Gasteiger partial charge in [-0.05, 0) is 43.2 Å². The first-order valence-electron chi connectivity index (χ1n) is 7.02. The second kappa shape index (κ2) is 6.88. The molecule has 0 aliphatic carbocycles. The van der Waals surface area contributed by atoms with Crippen LogP contribution in [0.5, 0.6) is 0 Å². The van der Waals surface area contributed by atoms with Crippen LogP contribution >= 0.6 is 0 Å². The summed E-state index contributed by atoms with van der Waals surface area (Å²) in [4.78, 5) is 12.3. The fourth-order valence-electron chi connectivity index (χ4n) is 2.06. The molecule has 0 aliphatic rings. The number of anilines is 2. The number of carbonyl (C=O) groups excluding carboxylic acids is 1. The Kier molecular flexibility index (Phi) is 4.93. The summed E-state index contributed by atoms with van der Waals surface area (Å²) in [5.74, 6) is -0.737. The van der Waals surface area contributed by atoms with E-state index < -0.39 is 5.82 Å². The molecule has 0 aliphatic heterocycles. The Labute approximate surface area is 124 Å². The van der Waals surface area contributed by atoms with Gasteiger partial charge in [-0.15, -0.1) is 0 Å². The maximum atomic E-state index is 13.9. The molecule has 2 aromatic carbocycles. The molecule has 0 bridgehead atoms. The van der Waals surface area contributed by atoms with E-state index in [4.69, 9.17) is 0 Å². The molecule has 0 fully saturated rings. The number of rotatable bonds is 5. The van der Waals surface area contributed by atoms with Crippen molar-refractivity contribution in [2.24, 2.45) is 0 Å². The molecule has 0 spiro atoms. The highest BCUT2D eigenvalue weighted by Gasteiger charge is 2.14. The van der Waals surface area contributed by atoms with Crippen LogP contribution < -0.4 is 10.6 Å². The Morgan fingerprint density at radius 3 is 2.67 bits per heavy atom. The number of para-hydroxylation sites is 1. The number of nitrogens with one attached hydrogen (secondary N) is 2. The molecule has 0 saturated carbocycles. The summed E-state index contributed by atoms with van der Waals surface area (Å²) in [5.41, 5.74) is 2.32. The Hall–Kier alpha value is -2.36. The quantitative estimate of drug-likeness (QED) is 0.864. The third-order valence-electron chi connectivity index (χ3n) is 3.09. The summed E-state index contributed by atoms with van der Waals surface area (Å²) in [6.45, 7) is 4.55. The summed E-state index contributed by atoms with van der Waals surface area (Å²) in [6.07, 6.45) is 0.854. The molecular weight excluding hydrogens is 267 g/mol. The summed E-state index contributed by atoms with van der Waals surface area (Å²) >= 11 is 0. The van der Waals surface area contributed by atoms with Crippen LogP contribution in [0.2, 0.25) is 0 Å². The number of benzene rings is 2. The van der Waals surface area contributed by atoms with E-state index in [1.165, 1.54) is 12.1 Å². The predicted molar refractivity (Wildman–Crippen MR) is 84.3 cm³/mol. The fraction of sp³-hybridized carbons (Fsp3) is 0.235. The van der Waals surface area contributed by atoms with Gasteiger partial charge in [0, 0.05) is 12.2 Å². The van der Waals surface area contributed by atoms with E-state index in [0.717, 1.165) is 12.0 Å². The predicted octanol–water partition coefficient (Wildman–Crippen LogP) is 4.21. The smallest absolute Gasteiger partial charge is 0.257 e. The lowest BCUT2D eigenvalue weighted by Crippen LogP contribution is -2.16. The lowest BCUT2D eigenvalue weighted by atomic mass is 10.1. The first kappa shape index (κ1) is 15.0. The molecule has 0 heterocycles. The van der Waals surface area contributed by atoms with E-state index in [0.29, 0.717) is 17.8 Å². The van der Waals surface area contributed by atoms with Gasteiger partial charge in [-0.3, -0.25) is 4.79 Å². The standard InChI is InChI=1S/C17H19FN2O/c1-3-10-19-16-14(8-5-9-15(16)18)17(21)20-13-7-4-6-12(2)11-13/h4-9,11,19H,3,10H2,1-2H3,(H,20,21). The number of carbonyl (C=O) groups is 1. The third-order valence-corrected chi connectivity index (χ3v) is 3.09. The van der Waals surface area contributed by atoms with Gasteiger partial charge in [-0.25, -0.2) is 4.39 Å². The van der Waals surface area contributed by atoms with Crippen molar-refractivity contribution in [3.63, 3.8) is 0 Å². The molecule has 2 rings (SSSR count). The summed E-state index contributed by atoms with van der Waals surface area (Å²) in [6, 6.07) is 12.0. The second-order valence-electron chi connectivity index (χ2n) is 4.91. The fourth-order valence-corrected chi connectivity index (χ4v) is 2.06. The summed E-state index contributed by atoms with van der Waals surface area (Å²) in [7, 11) is 0. The molecule has 0 aromatic heterocycles. The zero-order chi connectivity index (χ0) is 15.2. The van der Waals surface area contributed by atoms with E-state index in [9.17, 15) is 9.18 Å². The molecule has 3 nitrogen and oxygen atoms in total. The summed E-state index contributed by atoms with van der Waals surface area (Å²) < 4.78 is 13.9. The lowest BCUT2D eigenvalue weighted by molar-refractivity contribution is 0.102. The van der Waals surface area contributed by atoms with Gasteiger partial charge in [-0.2, -0.15) is 0 Å². The molecular formula is C17H19FN2O. The van der Waals surface area contributed by atoms with E-state index in [1.807, 2.05) is 38.1 Å². The molecule has 2 N–H and O–H groups in total. The van der Waals surface area contributed by atoms with Crippen molar-refractivity contribution in [3.05, 3.63) is 59.4 Å². The van der Waals surface area contributed by atoms with E-state index >= 15 is 0 Å². The van der Waals surface area contributed by atoms with Crippen molar-refractivity contribution in [1.82, 2.24) is 0 Å².